The van der Waals surface area contributed by atoms with Crippen LogP contribution in [0.4, 0.5) is 17.2 Å². The number of aryl methyl sites for hydroxylation is 1. The van der Waals surface area contributed by atoms with Gasteiger partial charge in [0.1, 0.15) is 10.6 Å². The van der Waals surface area contributed by atoms with Crippen LogP contribution in [-0.4, -0.2) is 29.0 Å². The summed E-state index contributed by atoms with van der Waals surface area (Å²) < 4.78 is 0. The van der Waals surface area contributed by atoms with Gasteiger partial charge in [-0.3, -0.25) is 4.98 Å². The molecule has 4 rings (SSSR count). The molecule has 0 bridgehead atoms. The maximum atomic E-state index is 4.81. The molecule has 0 radical (unpaired) electrons. The first-order valence-electron chi connectivity index (χ1n) is 8.89. The molecule has 5 nitrogen and oxygen atoms in total. The summed E-state index contributed by atoms with van der Waals surface area (Å²) in [6, 6.07) is 14.4. The predicted molar refractivity (Wildman–Crippen MR) is 114 cm³/mol. The fourth-order valence-corrected chi connectivity index (χ4v) is 3.81. The van der Waals surface area contributed by atoms with Crippen LogP contribution in [0, 0.1) is 0 Å². The number of hydrogen-bond acceptors (Lipinski definition) is 6. The van der Waals surface area contributed by atoms with Crippen molar-refractivity contribution in [2.45, 2.75) is 13.3 Å². The van der Waals surface area contributed by atoms with E-state index in [2.05, 4.69) is 52.5 Å². The minimum absolute atomic E-state index is 0.688. The van der Waals surface area contributed by atoms with Gasteiger partial charge < -0.3 is 10.2 Å². The summed E-state index contributed by atoms with van der Waals surface area (Å²) in [5, 5.41) is 4.53. The number of aromatic nitrogens is 3. The highest BCUT2D eigenvalue weighted by Crippen LogP contribution is 2.33. The van der Waals surface area contributed by atoms with Crippen LogP contribution in [0.3, 0.4) is 0 Å². The van der Waals surface area contributed by atoms with Gasteiger partial charge in [-0.2, -0.15) is 0 Å². The topological polar surface area (TPSA) is 53.9 Å². The molecule has 0 saturated heterocycles. The summed E-state index contributed by atoms with van der Waals surface area (Å²) in [5.74, 6) is 1.51. The molecule has 3 heterocycles. The molecular formula is C21H21N5S. The number of fused-ring (bicyclic) bond motifs is 1. The monoisotopic (exact) mass is 375 g/mol. The Morgan fingerprint density at radius 1 is 1.07 bits per heavy atom. The number of nitrogens with zero attached hydrogens (tertiary/aromatic N) is 4. The second kappa shape index (κ2) is 7.32. The number of nitrogens with one attached hydrogen (secondary N) is 1. The van der Waals surface area contributed by atoms with Gasteiger partial charge in [-0.05, 0) is 48.9 Å². The van der Waals surface area contributed by atoms with Gasteiger partial charge in [0.05, 0.1) is 5.39 Å². The van der Waals surface area contributed by atoms with E-state index in [1.807, 2.05) is 26.2 Å². The van der Waals surface area contributed by atoms with Gasteiger partial charge in [0.25, 0.3) is 0 Å². The van der Waals surface area contributed by atoms with Crippen LogP contribution < -0.4 is 10.2 Å². The largest absolute Gasteiger partial charge is 0.378 e. The van der Waals surface area contributed by atoms with E-state index in [4.69, 9.17) is 9.97 Å². The highest BCUT2D eigenvalue weighted by molar-refractivity contribution is 7.18. The molecule has 3 aromatic heterocycles. The van der Waals surface area contributed by atoms with Crippen LogP contribution in [0.5, 0.6) is 0 Å². The van der Waals surface area contributed by atoms with Gasteiger partial charge in [-0.1, -0.05) is 6.92 Å². The summed E-state index contributed by atoms with van der Waals surface area (Å²) in [6.07, 6.45) is 4.54. The van der Waals surface area contributed by atoms with E-state index < -0.39 is 0 Å². The van der Waals surface area contributed by atoms with E-state index in [0.29, 0.717) is 5.82 Å². The Bertz CT molecular complexity index is 1060. The van der Waals surface area contributed by atoms with E-state index in [9.17, 15) is 0 Å². The molecule has 6 heteroatoms. The van der Waals surface area contributed by atoms with Crippen molar-refractivity contribution in [2.24, 2.45) is 0 Å². The first-order chi connectivity index (χ1) is 13.1. The minimum Gasteiger partial charge on any atom is -0.378 e. The quantitative estimate of drug-likeness (QED) is 0.524. The molecule has 4 aromatic rings. The highest BCUT2D eigenvalue weighted by atomic mass is 32.1. The first kappa shape index (κ1) is 17.4. The SMILES string of the molecule is CCc1cc2c(Nc3ccc(N(C)C)cc3)nc(-c3cccnc3)nc2s1. The maximum absolute atomic E-state index is 4.81. The molecule has 0 unspecified atom stereocenters. The number of hydrogen-bond donors (Lipinski definition) is 1. The zero-order chi connectivity index (χ0) is 18.8. The van der Waals surface area contributed by atoms with Gasteiger partial charge in [-0.25, -0.2) is 9.97 Å². The van der Waals surface area contributed by atoms with Crippen LogP contribution in [0.15, 0.2) is 54.9 Å². The van der Waals surface area contributed by atoms with Gasteiger partial charge in [0, 0.05) is 48.3 Å². The highest BCUT2D eigenvalue weighted by Gasteiger charge is 2.13. The smallest absolute Gasteiger partial charge is 0.164 e. The molecule has 0 spiro atoms. The lowest BCUT2D eigenvalue weighted by Gasteiger charge is -2.13. The third-order valence-electron chi connectivity index (χ3n) is 4.36. The lowest BCUT2D eigenvalue weighted by molar-refractivity contribution is 1.13. The molecule has 0 aliphatic carbocycles. The van der Waals surface area contributed by atoms with Crippen molar-refractivity contribution in [3.8, 4) is 11.4 Å². The van der Waals surface area contributed by atoms with Gasteiger partial charge in [-0.15, -0.1) is 11.3 Å². The normalized spacial score (nSPS) is 10.9. The zero-order valence-electron chi connectivity index (χ0n) is 15.6. The van der Waals surface area contributed by atoms with Crippen LogP contribution >= 0.6 is 11.3 Å². The molecule has 0 amide bonds. The van der Waals surface area contributed by atoms with Crippen LogP contribution in [0.2, 0.25) is 0 Å². The number of rotatable bonds is 5. The summed E-state index contributed by atoms with van der Waals surface area (Å²) in [5.41, 5.74) is 3.08. The second-order valence-corrected chi connectivity index (χ2v) is 7.60. The van der Waals surface area contributed by atoms with Crippen molar-refractivity contribution in [3.05, 3.63) is 59.7 Å². The average molecular weight is 376 g/mol. The number of thiophene rings is 1. The fraction of sp³-hybridized carbons (Fsp3) is 0.190. The average Bonchev–Trinajstić information content (AvgIpc) is 3.13. The predicted octanol–water partition coefficient (Wildman–Crippen LogP) is 5.13. The zero-order valence-corrected chi connectivity index (χ0v) is 16.4. The summed E-state index contributed by atoms with van der Waals surface area (Å²) >= 11 is 1.72. The Balaban J connectivity index is 1.78. The summed E-state index contributed by atoms with van der Waals surface area (Å²) in [4.78, 5) is 18.2. The standard InChI is InChI=1S/C21H21N5S/c1-4-17-12-18-20(23-15-7-9-16(10-8-15)26(2)3)24-19(25-21(18)27-17)14-6-5-11-22-13-14/h5-13H,4H2,1-3H3,(H,23,24,25). The molecule has 1 N–H and O–H groups in total. The van der Waals surface area contributed by atoms with Gasteiger partial charge in [0.15, 0.2) is 5.82 Å². The molecule has 1 aromatic carbocycles. The number of pyridine rings is 1. The minimum atomic E-state index is 0.688. The molecule has 27 heavy (non-hydrogen) atoms. The Hall–Kier alpha value is -2.99. The molecular weight excluding hydrogens is 354 g/mol. The lowest BCUT2D eigenvalue weighted by atomic mass is 10.2. The van der Waals surface area contributed by atoms with E-state index in [1.165, 1.54) is 4.88 Å². The lowest BCUT2D eigenvalue weighted by Crippen LogP contribution is -2.08. The summed E-state index contributed by atoms with van der Waals surface area (Å²) in [7, 11) is 4.07. The molecule has 0 atom stereocenters. The molecule has 0 aliphatic heterocycles. The first-order valence-corrected chi connectivity index (χ1v) is 9.71. The third kappa shape index (κ3) is 3.61. The third-order valence-corrected chi connectivity index (χ3v) is 5.53. The van der Waals surface area contributed by atoms with Gasteiger partial charge in [0.2, 0.25) is 0 Å². The van der Waals surface area contributed by atoms with Gasteiger partial charge >= 0.3 is 0 Å². The van der Waals surface area contributed by atoms with Crippen LogP contribution in [0.25, 0.3) is 21.6 Å². The van der Waals surface area contributed by atoms with Crippen LogP contribution in [0.1, 0.15) is 11.8 Å². The summed E-state index contributed by atoms with van der Waals surface area (Å²) in [6.45, 7) is 2.16. The molecule has 136 valence electrons. The van der Waals surface area contributed by atoms with Crippen molar-refractivity contribution in [3.63, 3.8) is 0 Å². The van der Waals surface area contributed by atoms with E-state index in [0.717, 1.165) is 39.4 Å². The van der Waals surface area contributed by atoms with Crippen molar-refractivity contribution in [1.82, 2.24) is 15.0 Å². The Morgan fingerprint density at radius 3 is 2.56 bits per heavy atom. The van der Waals surface area contributed by atoms with Crippen molar-refractivity contribution in [1.29, 1.82) is 0 Å². The molecule has 0 fully saturated rings. The van der Waals surface area contributed by atoms with Crippen LogP contribution in [-0.2, 0) is 6.42 Å². The van der Waals surface area contributed by atoms with E-state index in [1.54, 1.807) is 23.7 Å². The fourth-order valence-electron chi connectivity index (χ4n) is 2.84. The Morgan fingerprint density at radius 2 is 1.89 bits per heavy atom. The second-order valence-electron chi connectivity index (χ2n) is 6.49. The molecule has 0 saturated carbocycles. The van der Waals surface area contributed by atoms with Crippen molar-refractivity contribution < 1.29 is 0 Å². The Labute approximate surface area is 162 Å². The Kier molecular flexibility index (Phi) is 4.73. The maximum Gasteiger partial charge on any atom is 0.164 e. The van der Waals surface area contributed by atoms with Crippen molar-refractivity contribution >= 4 is 38.7 Å². The van der Waals surface area contributed by atoms with E-state index >= 15 is 0 Å². The number of benzene rings is 1. The van der Waals surface area contributed by atoms with E-state index in [-0.39, 0.29) is 0 Å². The molecule has 0 aliphatic rings. The number of anilines is 3. The van der Waals surface area contributed by atoms with Crippen molar-refractivity contribution in [2.75, 3.05) is 24.3 Å².